The van der Waals surface area contributed by atoms with Gasteiger partial charge in [-0.2, -0.15) is 0 Å². The molecule has 0 amide bonds. The zero-order valence-electron chi connectivity index (χ0n) is 23.4. The van der Waals surface area contributed by atoms with Gasteiger partial charge in [-0.3, -0.25) is 0 Å². The molecular formula is C35H52O. The normalized spacial score (nSPS) is 24.5. The Bertz CT molecular complexity index is 843. The summed E-state index contributed by atoms with van der Waals surface area (Å²) in [5.74, 6) is 4.68. The third kappa shape index (κ3) is 8.12. The predicted molar refractivity (Wildman–Crippen MR) is 156 cm³/mol. The van der Waals surface area contributed by atoms with Crippen LogP contribution in [0.4, 0.5) is 0 Å². The Labute approximate surface area is 222 Å². The molecule has 2 aromatic rings. The van der Waals surface area contributed by atoms with E-state index in [4.69, 9.17) is 4.74 Å². The van der Waals surface area contributed by atoms with Crippen molar-refractivity contribution in [2.24, 2.45) is 17.8 Å². The molecule has 198 valence electrons. The van der Waals surface area contributed by atoms with Crippen LogP contribution in [-0.2, 0) is 0 Å². The summed E-state index contributed by atoms with van der Waals surface area (Å²) < 4.78 is 6.15. The molecule has 1 heteroatoms. The minimum Gasteiger partial charge on any atom is -0.494 e. The number of unbranched alkanes of at least 4 members (excludes halogenated alkanes) is 2. The van der Waals surface area contributed by atoms with E-state index >= 15 is 0 Å². The van der Waals surface area contributed by atoms with Crippen LogP contribution in [0.25, 0.3) is 11.1 Å². The highest BCUT2D eigenvalue weighted by molar-refractivity contribution is 5.64. The van der Waals surface area contributed by atoms with Crippen LogP contribution in [0.3, 0.4) is 0 Å². The van der Waals surface area contributed by atoms with Crippen LogP contribution >= 0.6 is 0 Å². The lowest BCUT2D eigenvalue weighted by atomic mass is 9.74. The van der Waals surface area contributed by atoms with Crippen LogP contribution in [-0.4, -0.2) is 6.61 Å². The molecule has 36 heavy (non-hydrogen) atoms. The van der Waals surface area contributed by atoms with Crippen LogP contribution in [0, 0.1) is 17.8 Å². The summed E-state index contributed by atoms with van der Waals surface area (Å²) in [5.41, 5.74) is 4.15. The molecule has 0 aromatic heterocycles. The summed E-state index contributed by atoms with van der Waals surface area (Å²) in [7, 11) is 0. The number of hydrogen-bond donors (Lipinski definition) is 0. The zero-order chi connectivity index (χ0) is 25.0. The smallest absolute Gasteiger partial charge is 0.119 e. The van der Waals surface area contributed by atoms with Crippen LogP contribution in [0.5, 0.6) is 5.75 Å². The predicted octanol–water partition coefficient (Wildman–Crippen LogP) is 11.0. The average molecular weight is 489 g/mol. The molecule has 2 aliphatic rings. The second-order valence-corrected chi connectivity index (χ2v) is 11.9. The maximum absolute atomic E-state index is 6.15. The summed E-state index contributed by atoms with van der Waals surface area (Å²) in [6.45, 7) is 5.50. The van der Waals surface area contributed by atoms with Gasteiger partial charge in [0.15, 0.2) is 0 Å². The quantitative estimate of drug-likeness (QED) is 0.255. The fourth-order valence-electron chi connectivity index (χ4n) is 7.12. The first-order chi connectivity index (χ1) is 17.8. The van der Waals surface area contributed by atoms with Crippen LogP contribution in [0.1, 0.15) is 128 Å². The van der Waals surface area contributed by atoms with Gasteiger partial charge in [0.2, 0.25) is 0 Å². The Kier molecular flexibility index (Phi) is 11.3. The molecule has 2 atom stereocenters. The molecule has 0 N–H and O–H groups in total. The highest BCUT2D eigenvalue weighted by atomic mass is 16.5. The lowest BCUT2D eigenvalue weighted by Gasteiger charge is -2.31. The standard InChI is InChI=1S/C35H52O/c1-3-5-6-11-29-12-7-8-13-30(29)14-9-27-36-35-25-23-34(24-26-35)33-21-19-32(20-22-33)31-17-15-28(10-4-2)16-18-31/h19-26,28-31H,3-18,27H2,1-2H3. The zero-order valence-corrected chi connectivity index (χ0v) is 23.4. The largest absolute Gasteiger partial charge is 0.494 e. The van der Waals surface area contributed by atoms with Gasteiger partial charge in [0.1, 0.15) is 5.75 Å². The third-order valence-corrected chi connectivity index (χ3v) is 9.35. The Morgan fingerprint density at radius 3 is 1.83 bits per heavy atom. The average Bonchev–Trinajstić information content (AvgIpc) is 2.93. The van der Waals surface area contributed by atoms with E-state index in [1.165, 1.54) is 114 Å². The summed E-state index contributed by atoms with van der Waals surface area (Å²) in [5, 5.41) is 0. The van der Waals surface area contributed by atoms with Gasteiger partial charge >= 0.3 is 0 Å². The molecule has 2 unspecified atom stereocenters. The fraction of sp³-hybridized carbons (Fsp3) is 0.657. The van der Waals surface area contributed by atoms with Crippen LogP contribution in [0.15, 0.2) is 48.5 Å². The molecule has 0 aliphatic heterocycles. The van der Waals surface area contributed by atoms with E-state index in [0.717, 1.165) is 36.0 Å². The number of ether oxygens (including phenoxy) is 1. The summed E-state index contributed by atoms with van der Waals surface area (Å²) in [4.78, 5) is 0. The molecule has 0 saturated heterocycles. The molecule has 0 spiro atoms. The first-order valence-corrected chi connectivity index (χ1v) is 15.6. The van der Waals surface area contributed by atoms with Crippen molar-refractivity contribution in [2.45, 2.75) is 122 Å². The molecule has 1 nitrogen and oxygen atoms in total. The molecule has 2 aromatic carbocycles. The molecule has 2 saturated carbocycles. The SMILES string of the molecule is CCCCCC1CCCCC1CCCOc1ccc(-c2ccc(C3CCC(CCC)CC3)cc2)cc1. The van der Waals surface area contributed by atoms with Crippen molar-refractivity contribution in [3.8, 4) is 16.9 Å². The van der Waals surface area contributed by atoms with E-state index in [9.17, 15) is 0 Å². The second-order valence-electron chi connectivity index (χ2n) is 11.9. The van der Waals surface area contributed by atoms with Gasteiger partial charge in [-0.05, 0) is 91.0 Å². The molecular weight excluding hydrogens is 436 g/mol. The minimum absolute atomic E-state index is 0.767. The third-order valence-electron chi connectivity index (χ3n) is 9.35. The van der Waals surface area contributed by atoms with E-state index in [-0.39, 0.29) is 0 Å². The number of rotatable bonds is 13. The summed E-state index contributed by atoms with van der Waals surface area (Å²) in [6.07, 6.45) is 22.3. The van der Waals surface area contributed by atoms with E-state index in [0.29, 0.717) is 0 Å². The van der Waals surface area contributed by atoms with E-state index in [1.54, 1.807) is 5.56 Å². The van der Waals surface area contributed by atoms with Gasteiger partial charge in [-0.25, -0.2) is 0 Å². The van der Waals surface area contributed by atoms with Crippen molar-refractivity contribution in [3.05, 3.63) is 54.1 Å². The first-order valence-electron chi connectivity index (χ1n) is 15.6. The molecule has 2 aliphatic carbocycles. The van der Waals surface area contributed by atoms with Gasteiger partial charge in [0.05, 0.1) is 6.61 Å². The Hall–Kier alpha value is -1.76. The molecule has 0 heterocycles. The van der Waals surface area contributed by atoms with Gasteiger partial charge in [-0.15, -0.1) is 0 Å². The Morgan fingerprint density at radius 2 is 1.22 bits per heavy atom. The van der Waals surface area contributed by atoms with Crippen molar-refractivity contribution >= 4 is 0 Å². The molecule has 2 fully saturated rings. The number of hydrogen-bond acceptors (Lipinski definition) is 1. The van der Waals surface area contributed by atoms with Gasteiger partial charge < -0.3 is 4.74 Å². The summed E-state index contributed by atoms with van der Waals surface area (Å²) in [6, 6.07) is 18.2. The summed E-state index contributed by atoms with van der Waals surface area (Å²) >= 11 is 0. The molecule has 0 bridgehead atoms. The van der Waals surface area contributed by atoms with Crippen molar-refractivity contribution in [1.29, 1.82) is 0 Å². The van der Waals surface area contributed by atoms with Gasteiger partial charge in [0, 0.05) is 0 Å². The molecule has 4 rings (SSSR count). The first kappa shape index (κ1) is 27.3. The lowest BCUT2D eigenvalue weighted by Crippen LogP contribution is -2.20. The fourth-order valence-corrected chi connectivity index (χ4v) is 7.12. The topological polar surface area (TPSA) is 9.23 Å². The van der Waals surface area contributed by atoms with Crippen molar-refractivity contribution in [3.63, 3.8) is 0 Å². The van der Waals surface area contributed by atoms with Gasteiger partial charge in [-0.1, -0.05) is 114 Å². The van der Waals surface area contributed by atoms with Crippen molar-refractivity contribution in [2.75, 3.05) is 6.61 Å². The lowest BCUT2D eigenvalue weighted by molar-refractivity contribution is 0.190. The van der Waals surface area contributed by atoms with E-state index in [1.807, 2.05) is 0 Å². The highest BCUT2D eigenvalue weighted by Gasteiger charge is 2.24. The maximum Gasteiger partial charge on any atom is 0.119 e. The van der Waals surface area contributed by atoms with Crippen molar-refractivity contribution < 1.29 is 4.74 Å². The monoisotopic (exact) mass is 488 g/mol. The maximum atomic E-state index is 6.15. The van der Waals surface area contributed by atoms with Crippen molar-refractivity contribution in [1.82, 2.24) is 0 Å². The minimum atomic E-state index is 0.767. The van der Waals surface area contributed by atoms with Crippen LogP contribution < -0.4 is 4.74 Å². The molecule has 0 radical (unpaired) electrons. The van der Waals surface area contributed by atoms with E-state index in [2.05, 4.69) is 62.4 Å². The highest BCUT2D eigenvalue weighted by Crippen LogP contribution is 2.38. The second kappa shape index (κ2) is 14.8. The Morgan fingerprint density at radius 1 is 0.611 bits per heavy atom. The van der Waals surface area contributed by atoms with Gasteiger partial charge in [0.25, 0.3) is 0 Å². The van der Waals surface area contributed by atoms with E-state index < -0.39 is 0 Å². The Balaban J connectivity index is 1.20. The van der Waals surface area contributed by atoms with Crippen LogP contribution in [0.2, 0.25) is 0 Å². The number of benzene rings is 2.